The fraction of sp³-hybridized carbons (Fsp3) is 0.909. The zero-order chi connectivity index (χ0) is 31.9. The van der Waals surface area contributed by atoms with Gasteiger partial charge < -0.3 is 45.4 Å². The quantitative estimate of drug-likeness (QED) is 0.0566. The summed E-state index contributed by atoms with van der Waals surface area (Å²) in [5.74, 6) is -0.273. The number of nitrogens with one attached hydrogen (secondary N) is 1. The van der Waals surface area contributed by atoms with Crippen molar-refractivity contribution >= 4 is 5.91 Å². The smallest absolute Gasteiger partial charge is 0.220 e. The number of carbonyl (C=O) groups is 1. The molecule has 1 saturated heterocycles. The first-order chi connectivity index (χ1) is 20.8. The monoisotopic (exact) mass is 617 g/mol. The Bertz CT molecular complexity index is 708. The van der Waals surface area contributed by atoms with Crippen LogP contribution in [-0.2, 0) is 14.3 Å². The molecule has 1 aliphatic heterocycles. The largest absolute Gasteiger partial charge is 0.394 e. The summed E-state index contributed by atoms with van der Waals surface area (Å²) < 4.78 is 11.0. The van der Waals surface area contributed by atoms with E-state index in [0.717, 1.165) is 44.9 Å². The highest BCUT2D eigenvalue weighted by Crippen LogP contribution is 2.23. The van der Waals surface area contributed by atoms with Gasteiger partial charge >= 0.3 is 0 Å². The lowest BCUT2D eigenvalue weighted by Crippen LogP contribution is -2.60. The maximum absolute atomic E-state index is 12.8. The number of hydrogen-bond acceptors (Lipinski definition) is 9. The third-order valence-electron chi connectivity index (χ3n) is 8.21. The van der Waals surface area contributed by atoms with Crippen LogP contribution in [0.3, 0.4) is 0 Å². The van der Waals surface area contributed by atoms with Crippen LogP contribution in [0.1, 0.15) is 129 Å². The van der Waals surface area contributed by atoms with Gasteiger partial charge in [0.2, 0.25) is 5.91 Å². The molecule has 0 spiro atoms. The van der Waals surface area contributed by atoms with Crippen molar-refractivity contribution < 1.29 is 44.9 Å². The van der Waals surface area contributed by atoms with E-state index in [2.05, 4.69) is 31.3 Å². The van der Waals surface area contributed by atoms with Gasteiger partial charge in [-0.2, -0.15) is 0 Å². The van der Waals surface area contributed by atoms with Crippen molar-refractivity contribution in [1.29, 1.82) is 0 Å². The molecular formula is C33H63NO9. The van der Waals surface area contributed by atoms with E-state index in [1.807, 2.05) is 0 Å². The fourth-order valence-corrected chi connectivity index (χ4v) is 5.29. The summed E-state index contributed by atoms with van der Waals surface area (Å²) in [6, 6.07) is -0.994. The summed E-state index contributed by atoms with van der Waals surface area (Å²) in [7, 11) is 0. The van der Waals surface area contributed by atoms with E-state index < -0.39 is 55.6 Å². The van der Waals surface area contributed by atoms with Crippen LogP contribution >= 0.6 is 0 Å². The van der Waals surface area contributed by atoms with Crippen LogP contribution in [0.15, 0.2) is 12.2 Å². The molecule has 43 heavy (non-hydrogen) atoms. The molecule has 1 amide bonds. The SMILES string of the molecule is CCCC/C=C/CCCC[C@@H](O)[C@@H](O)[C@@H](CO[C@@H]1O[C@H](CO)[C@@H](O)[C@H](O)[C@H]1O)NC(=O)CCCCCCCCCCCC. The summed E-state index contributed by atoms with van der Waals surface area (Å²) in [4.78, 5) is 12.8. The summed E-state index contributed by atoms with van der Waals surface area (Å²) in [5, 5.41) is 64.3. The lowest BCUT2D eigenvalue weighted by Gasteiger charge is -2.40. The molecule has 0 aromatic rings. The number of unbranched alkanes of at least 4 members (excludes halogenated alkanes) is 13. The summed E-state index contributed by atoms with van der Waals surface area (Å²) in [6.45, 7) is 3.46. The van der Waals surface area contributed by atoms with Gasteiger partial charge in [-0.1, -0.05) is 103 Å². The molecule has 0 bridgehead atoms. The first-order valence-electron chi connectivity index (χ1n) is 17.0. The minimum atomic E-state index is -1.60. The highest BCUT2D eigenvalue weighted by molar-refractivity contribution is 5.76. The average molecular weight is 618 g/mol. The zero-order valence-corrected chi connectivity index (χ0v) is 26.8. The zero-order valence-electron chi connectivity index (χ0n) is 26.8. The predicted octanol–water partition coefficient (Wildman–Crippen LogP) is 3.63. The van der Waals surface area contributed by atoms with Crippen molar-refractivity contribution in [3.8, 4) is 0 Å². The lowest BCUT2D eigenvalue weighted by molar-refractivity contribution is -0.303. The van der Waals surface area contributed by atoms with Crippen LogP contribution in [0.4, 0.5) is 0 Å². The maximum atomic E-state index is 12.8. The van der Waals surface area contributed by atoms with Gasteiger partial charge in [0.15, 0.2) is 6.29 Å². The van der Waals surface area contributed by atoms with Gasteiger partial charge in [0.25, 0.3) is 0 Å². The van der Waals surface area contributed by atoms with E-state index in [9.17, 15) is 35.4 Å². The minimum absolute atomic E-state index is 0.273. The maximum Gasteiger partial charge on any atom is 0.220 e. The molecular weight excluding hydrogens is 554 g/mol. The second-order valence-electron chi connectivity index (χ2n) is 12.1. The van der Waals surface area contributed by atoms with Crippen LogP contribution in [0.25, 0.3) is 0 Å². The van der Waals surface area contributed by atoms with Crippen molar-refractivity contribution in [2.45, 2.75) is 178 Å². The van der Waals surface area contributed by atoms with Crippen molar-refractivity contribution in [3.05, 3.63) is 12.2 Å². The Labute approximate surface area is 259 Å². The molecule has 1 fully saturated rings. The summed E-state index contributed by atoms with van der Waals surface area (Å²) in [5.41, 5.74) is 0. The van der Waals surface area contributed by atoms with Crippen LogP contribution in [0.5, 0.6) is 0 Å². The van der Waals surface area contributed by atoms with Gasteiger partial charge in [0.05, 0.1) is 25.4 Å². The van der Waals surface area contributed by atoms with E-state index in [-0.39, 0.29) is 18.9 Å². The normalized spacial score (nSPS) is 24.7. The number of aliphatic hydroxyl groups excluding tert-OH is 6. The van der Waals surface area contributed by atoms with Crippen molar-refractivity contribution in [2.24, 2.45) is 0 Å². The number of amides is 1. The van der Waals surface area contributed by atoms with Crippen LogP contribution in [0.2, 0.25) is 0 Å². The Morgan fingerprint density at radius 3 is 1.98 bits per heavy atom. The number of ether oxygens (including phenoxy) is 2. The van der Waals surface area contributed by atoms with Crippen LogP contribution in [0, 0.1) is 0 Å². The average Bonchev–Trinajstić information content (AvgIpc) is 3.00. The molecule has 0 aliphatic carbocycles. The van der Waals surface area contributed by atoms with Gasteiger partial charge in [0, 0.05) is 6.42 Å². The molecule has 0 aromatic heterocycles. The first-order valence-corrected chi connectivity index (χ1v) is 17.0. The Hall–Kier alpha value is -1.11. The molecule has 1 aliphatic rings. The highest BCUT2D eigenvalue weighted by atomic mass is 16.7. The van der Waals surface area contributed by atoms with E-state index >= 15 is 0 Å². The van der Waals surface area contributed by atoms with E-state index in [4.69, 9.17) is 9.47 Å². The molecule has 0 aromatic carbocycles. The van der Waals surface area contributed by atoms with Gasteiger partial charge in [-0.05, 0) is 32.1 Å². The van der Waals surface area contributed by atoms with E-state index in [0.29, 0.717) is 19.3 Å². The van der Waals surface area contributed by atoms with Crippen LogP contribution in [-0.4, -0.2) is 98.7 Å². The van der Waals surface area contributed by atoms with E-state index in [1.165, 1.54) is 44.9 Å². The summed E-state index contributed by atoms with van der Waals surface area (Å²) in [6.07, 6.45) is 12.5. The molecule has 10 nitrogen and oxygen atoms in total. The molecule has 0 unspecified atom stereocenters. The molecule has 7 N–H and O–H groups in total. The topological polar surface area (TPSA) is 169 Å². The molecule has 1 heterocycles. The molecule has 8 atom stereocenters. The third-order valence-corrected chi connectivity index (χ3v) is 8.21. The van der Waals surface area contributed by atoms with Gasteiger partial charge in [0.1, 0.15) is 30.5 Å². The predicted molar refractivity (Wildman–Crippen MR) is 167 cm³/mol. The van der Waals surface area contributed by atoms with Crippen molar-refractivity contribution in [1.82, 2.24) is 5.32 Å². The summed E-state index contributed by atoms with van der Waals surface area (Å²) >= 11 is 0. The lowest BCUT2D eigenvalue weighted by atomic mass is 9.98. The molecule has 0 saturated carbocycles. The highest BCUT2D eigenvalue weighted by Gasteiger charge is 2.44. The Morgan fingerprint density at radius 1 is 0.791 bits per heavy atom. The van der Waals surface area contributed by atoms with E-state index in [1.54, 1.807) is 0 Å². The van der Waals surface area contributed by atoms with Gasteiger partial charge in [-0.25, -0.2) is 0 Å². The minimum Gasteiger partial charge on any atom is -0.394 e. The number of hydrogen-bond donors (Lipinski definition) is 7. The number of allylic oxidation sites excluding steroid dienone is 2. The Kier molecular flexibility index (Phi) is 23.3. The Balaban J connectivity index is 2.59. The fourth-order valence-electron chi connectivity index (χ4n) is 5.29. The number of aliphatic hydroxyl groups is 6. The third kappa shape index (κ3) is 17.2. The second-order valence-corrected chi connectivity index (χ2v) is 12.1. The molecule has 254 valence electrons. The second kappa shape index (κ2) is 25.1. The Morgan fingerprint density at radius 2 is 1.37 bits per heavy atom. The van der Waals surface area contributed by atoms with Crippen molar-refractivity contribution in [3.63, 3.8) is 0 Å². The number of rotatable bonds is 26. The standard InChI is InChI=1S/C33H63NO9/c1-3-5-7-9-11-13-14-16-18-20-22-28(37)34-25(24-42-33-32(41)31(40)30(39)27(23-35)43-33)29(38)26(36)21-19-17-15-12-10-8-6-4-2/h10,12,25-27,29-33,35-36,38-41H,3-9,11,13-24H2,1-2H3,(H,34,37)/b12-10+/t25-,26-,27-,29+,30-,31+,32-,33-/m1/s1. The molecule has 0 radical (unpaired) electrons. The van der Waals surface area contributed by atoms with Gasteiger partial charge in [-0.3, -0.25) is 4.79 Å². The van der Waals surface area contributed by atoms with Gasteiger partial charge in [-0.15, -0.1) is 0 Å². The van der Waals surface area contributed by atoms with Crippen molar-refractivity contribution in [2.75, 3.05) is 13.2 Å². The first kappa shape index (κ1) is 39.9. The molecule has 10 heteroatoms. The number of carbonyl (C=O) groups excluding carboxylic acids is 1. The van der Waals surface area contributed by atoms with Crippen LogP contribution < -0.4 is 5.32 Å². The molecule has 1 rings (SSSR count).